The summed E-state index contributed by atoms with van der Waals surface area (Å²) in [6.45, 7) is 8.56. The molecule has 16 heavy (non-hydrogen) atoms. The summed E-state index contributed by atoms with van der Waals surface area (Å²) >= 11 is 0. The molecule has 0 unspecified atom stereocenters. The predicted molar refractivity (Wildman–Crippen MR) is 65.5 cm³/mol. The molecule has 1 aromatic heterocycles. The first kappa shape index (κ1) is 12.8. The van der Waals surface area contributed by atoms with Crippen molar-refractivity contribution in [2.45, 2.75) is 33.6 Å². The van der Waals surface area contributed by atoms with E-state index in [1.54, 1.807) is 0 Å². The van der Waals surface area contributed by atoms with Gasteiger partial charge in [0.2, 0.25) is 5.95 Å². The number of nitrogens with zero attached hydrogens (tertiary/aromatic N) is 4. The summed E-state index contributed by atoms with van der Waals surface area (Å²) in [5, 5.41) is 8.24. The smallest absolute Gasteiger partial charge is 0.245 e. The van der Waals surface area contributed by atoms with Crippen LogP contribution in [0.1, 0.15) is 31.2 Å². The molecule has 0 spiro atoms. The van der Waals surface area contributed by atoms with E-state index in [4.69, 9.17) is 5.73 Å². The van der Waals surface area contributed by atoms with Gasteiger partial charge in [-0.2, -0.15) is 5.10 Å². The molecule has 0 aliphatic carbocycles. The standard InChI is InChI=1S/C11H21N5/c1-4-7-16(8-5-6-12)11-13-9(2)10(3)14-15-11/h4-8,12H2,1-3H3. The van der Waals surface area contributed by atoms with Crippen LogP contribution in [0.2, 0.25) is 0 Å². The average molecular weight is 223 g/mol. The molecule has 0 fully saturated rings. The fourth-order valence-corrected chi connectivity index (χ4v) is 1.44. The molecule has 0 amide bonds. The Morgan fingerprint density at radius 1 is 1.12 bits per heavy atom. The minimum absolute atomic E-state index is 0.693. The minimum Gasteiger partial charge on any atom is -0.339 e. The van der Waals surface area contributed by atoms with Gasteiger partial charge in [0, 0.05) is 13.1 Å². The van der Waals surface area contributed by atoms with Crippen molar-refractivity contribution >= 4 is 5.95 Å². The molecule has 5 nitrogen and oxygen atoms in total. The van der Waals surface area contributed by atoms with Gasteiger partial charge in [-0.3, -0.25) is 0 Å². The number of hydrogen-bond acceptors (Lipinski definition) is 5. The van der Waals surface area contributed by atoms with Crippen molar-refractivity contribution in [2.24, 2.45) is 5.73 Å². The van der Waals surface area contributed by atoms with Crippen molar-refractivity contribution in [1.29, 1.82) is 0 Å². The Morgan fingerprint density at radius 3 is 2.44 bits per heavy atom. The quantitative estimate of drug-likeness (QED) is 0.781. The molecule has 0 bridgehead atoms. The van der Waals surface area contributed by atoms with Crippen molar-refractivity contribution in [3.05, 3.63) is 11.4 Å². The molecule has 0 radical (unpaired) electrons. The van der Waals surface area contributed by atoms with E-state index >= 15 is 0 Å². The summed E-state index contributed by atoms with van der Waals surface area (Å²) in [4.78, 5) is 6.60. The molecule has 1 aromatic rings. The van der Waals surface area contributed by atoms with Gasteiger partial charge < -0.3 is 10.6 Å². The first-order valence-electron chi connectivity index (χ1n) is 5.82. The van der Waals surface area contributed by atoms with E-state index in [0.29, 0.717) is 6.54 Å². The first-order valence-corrected chi connectivity index (χ1v) is 5.82. The van der Waals surface area contributed by atoms with Crippen LogP contribution in [0, 0.1) is 13.8 Å². The maximum atomic E-state index is 5.52. The van der Waals surface area contributed by atoms with E-state index in [1.165, 1.54) is 0 Å². The molecule has 1 heterocycles. The van der Waals surface area contributed by atoms with E-state index in [9.17, 15) is 0 Å². The normalized spacial score (nSPS) is 10.5. The molecule has 5 heteroatoms. The number of hydrogen-bond donors (Lipinski definition) is 1. The fraction of sp³-hybridized carbons (Fsp3) is 0.727. The summed E-state index contributed by atoms with van der Waals surface area (Å²) in [5.74, 6) is 0.721. The maximum Gasteiger partial charge on any atom is 0.245 e. The highest BCUT2D eigenvalue weighted by atomic mass is 15.3. The zero-order chi connectivity index (χ0) is 12.0. The van der Waals surface area contributed by atoms with Gasteiger partial charge >= 0.3 is 0 Å². The van der Waals surface area contributed by atoms with Crippen molar-refractivity contribution in [3.63, 3.8) is 0 Å². The Bertz CT molecular complexity index is 326. The van der Waals surface area contributed by atoms with E-state index in [0.717, 1.165) is 43.3 Å². The molecule has 90 valence electrons. The molecule has 1 rings (SSSR count). The molecular formula is C11H21N5. The highest BCUT2D eigenvalue weighted by Gasteiger charge is 2.09. The molecular weight excluding hydrogens is 202 g/mol. The highest BCUT2D eigenvalue weighted by molar-refractivity contribution is 5.29. The lowest BCUT2D eigenvalue weighted by Gasteiger charge is -2.21. The van der Waals surface area contributed by atoms with Gasteiger partial charge in [-0.05, 0) is 33.2 Å². The van der Waals surface area contributed by atoms with Gasteiger partial charge in [0.15, 0.2) is 0 Å². The summed E-state index contributed by atoms with van der Waals surface area (Å²) < 4.78 is 0. The SMILES string of the molecule is CCCN(CCCN)c1nnc(C)c(C)n1. The first-order chi connectivity index (χ1) is 7.69. The Balaban J connectivity index is 2.78. The van der Waals surface area contributed by atoms with Gasteiger partial charge in [0.05, 0.1) is 11.4 Å². The number of anilines is 1. The van der Waals surface area contributed by atoms with E-state index in [-0.39, 0.29) is 0 Å². The monoisotopic (exact) mass is 223 g/mol. The van der Waals surface area contributed by atoms with Crippen LogP contribution in [-0.4, -0.2) is 34.8 Å². The van der Waals surface area contributed by atoms with E-state index in [1.807, 2.05) is 13.8 Å². The Kier molecular flexibility index (Phi) is 5.11. The summed E-state index contributed by atoms with van der Waals surface area (Å²) in [6, 6.07) is 0. The molecule has 0 aliphatic heterocycles. The Hall–Kier alpha value is -1.23. The second kappa shape index (κ2) is 6.37. The predicted octanol–water partition coefficient (Wildman–Crippen LogP) is 1.05. The average Bonchev–Trinajstić information content (AvgIpc) is 2.28. The number of rotatable bonds is 6. The van der Waals surface area contributed by atoms with Crippen molar-refractivity contribution in [3.8, 4) is 0 Å². The van der Waals surface area contributed by atoms with Crippen LogP contribution in [0.4, 0.5) is 5.95 Å². The van der Waals surface area contributed by atoms with Crippen LogP contribution in [0.5, 0.6) is 0 Å². The Labute approximate surface area is 97.1 Å². The van der Waals surface area contributed by atoms with Crippen molar-refractivity contribution in [2.75, 3.05) is 24.5 Å². The lowest BCUT2D eigenvalue weighted by molar-refractivity contribution is 0.686. The molecule has 0 aliphatic rings. The third kappa shape index (κ3) is 3.41. The highest BCUT2D eigenvalue weighted by Crippen LogP contribution is 2.09. The van der Waals surface area contributed by atoms with Gasteiger partial charge in [0.25, 0.3) is 0 Å². The van der Waals surface area contributed by atoms with Crippen LogP contribution in [-0.2, 0) is 0 Å². The number of aryl methyl sites for hydroxylation is 2. The van der Waals surface area contributed by atoms with Crippen molar-refractivity contribution < 1.29 is 0 Å². The van der Waals surface area contributed by atoms with Crippen LogP contribution in [0.25, 0.3) is 0 Å². The van der Waals surface area contributed by atoms with Crippen LogP contribution < -0.4 is 10.6 Å². The minimum atomic E-state index is 0.693. The van der Waals surface area contributed by atoms with E-state index < -0.39 is 0 Å². The Morgan fingerprint density at radius 2 is 1.88 bits per heavy atom. The second-order valence-electron chi connectivity index (χ2n) is 3.91. The van der Waals surface area contributed by atoms with Gasteiger partial charge in [-0.25, -0.2) is 4.98 Å². The lowest BCUT2D eigenvalue weighted by atomic mass is 10.3. The fourth-order valence-electron chi connectivity index (χ4n) is 1.44. The summed E-state index contributed by atoms with van der Waals surface area (Å²) in [7, 11) is 0. The summed E-state index contributed by atoms with van der Waals surface area (Å²) in [5.41, 5.74) is 7.35. The number of aromatic nitrogens is 3. The maximum absolute atomic E-state index is 5.52. The molecule has 0 atom stereocenters. The van der Waals surface area contributed by atoms with E-state index in [2.05, 4.69) is 27.0 Å². The zero-order valence-electron chi connectivity index (χ0n) is 10.4. The molecule has 0 aromatic carbocycles. The third-order valence-electron chi connectivity index (χ3n) is 2.49. The lowest BCUT2D eigenvalue weighted by Crippen LogP contribution is -2.29. The third-order valence-corrected chi connectivity index (χ3v) is 2.49. The van der Waals surface area contributed by atoms with Crippen LogP contribution in [0.3, 0.4) is 0 Å². The topological polar surface area (TPSA) is 67.9 Å². The second-order valence-corrected chi connectivity index (χ2v) is 3.91. The molecule has 0 saturated carbocycles. The van der Waals surface area contributed by atoms with Gasteiger partial charge in [-0.15, -0.1) is 5.10 Å². The number of nitrogens with two attached hydrogens (primary N) is 1. The van der Waals surface area contributed by atoms with Crippen LogP contribution in [0.15, 0.2) is 0 Å². The zero-order valence-corrected chi connectivity index (χ0v) is 10.4. The van der Waals surface area contributed by atoms with Gasteiger partial charge in [0.1, 0.15) is 0 Å². The molecule has 2 N–H and O–H groups in total. The van der Waals surface area contributed by atoms with Crippen LogP contribution >= 0.6 is 0 Å². The largest absolute Gasteiger partial charge is 0.339 e. The molecule has 0 saturated heterocycles. The summed E-state index contributed by atoms with van der Waals surface area (Å²) in [6.07, 6.45) is 2.02. The van der Waals surface area contributed by atoms with Crippen molar-refractivity contribution in [1.82, 2.24) is 15.2 Å². The van der Waals surface area contributed by atoms with Gasteiger partial charge in [-0.1, -0.05) is 6.92 Å².